The lowest BCUT2D eigenvalue weighted by Crippen LogP contribution is -2.43. The van der Waals surface area contributed by atoms with Gasteiger partial charge in [0.25, 0.3) is 11.8 Å². The summed E-state index contributed by atoms with van der Waals surface area (Å²) in [6.45, 7) is 0. The lowest BCUT2D eigenvalue weighted by molar-refractivity contribution is -0.179. The molecule has 0 unspecified atom stereocenters. The molecule has 1 fully saturated rings. The van der Waals surface area contributed by atoms with E-state index in [1.165, 1.54) is 12.1 Å². The molecule has 1 saturated carbocycles. The smallest absolute Gasteiger partial charge is 0.336 e. The first kappa shape index (κ1) is 13.8. The van der Waals surface area contributed by atoms with E-state index in [4.69, 9.17) is 9.57 Å². The zero-order valence-electron chi connectivity index (χ0n) is 11.6. The monoisotopic (exact) mass is 289 g/mol. The highest BCUT2D eigenvalue weighted by Crippen LogP contribution is 2.38. The molecule has 6 heteroatoms. The number of hydroxylamine groups is 2. The summed E-state index contributed by atoms with van der Waals surface area (Å²) in [5, 5.41) is 0.537. The molecule has 1 aliphatic heterocycles. The predicted octanol–water partition coefficient (Wildman–Crippen LogP) is 1.70. The molecule has 0 atom stereocenters. The molecule has 0 saturated heterocycles. The number of ether oxygens (including phenoxy) is 1. The fraction of sp³-hybridized carbons (Fsp3) is 0.400. The molecular formula is C15H15NO5. The average molecular weight is 289 g/mol. The molecule has 0 N–H and O–H groups in total. The Hall–Kier alpha value is -2.21. The second kappa shape index (κ2) is 4.96. The van der Waals surface area contributed by atoms with Crippen molar-refractivity contribution < 1.29 is 24.0 Å². The van der Waals surface area contributed by atoms with Crippen molar-refractivity contribution in [3.63, 3.8) is 0 Å². The number of rotatable bonds is 4. The Morgan fingerprint density at radius 2 is 1.76 bits per heavy atom. The minimum atomic E-state index is -0.633. The lowest BCUT2D eigenvalue weighted by atomic mass is 9.77. The van der Waals surface area contributed by atoms with Crippen LogP contribution < -0.4 is 0 Å². The zero-order chi connectivity index (χ0) is 15.0. The summed E-state index contributed by atoms with van der Waals surface area (Å²) in [5.41, 5.74) is -0.00347. The van der Waals surface area contributed by atoms with Gasteiger partial charge in [-0.2, -0.15) is 0 Å². The van der Waals surface area contributed by atoms with Crippen molar-refractivity contribution in [2.45, 2.75) is 31.3 Å². The maximum atomic E-state index is 12.1. The van der Waals surface area contributed by atoms with Crippen molar-refractivity contribution >= 4 is 17.8 Å². The minimum Gasteiger partial charge on any atom is -0.378 e. The van der Waals surface area contributed by atoms with Gasteiger partial charge in [0.2, 0.25) is 0 Å². The molecule has 0 radical (unpaired) electrons. The fourth-order valence-corrected chi connectivity index (χ4v) is 2.67. The molecule has 3 rings (SSSR count). The van der Waals surface area contributed by atoms with Crippen LogP contribution in [0.1, 0.15) is 46.4 Å². The van der Waals surface area contributed by atoms with Crippen molar-refractivity contribution in [2.75, 3.05) is 7.11 Å². The Morgan fingerprint density at radius 1 is 1.19 bits per heavy atom. The van der Waals surface area contributed by atoms with Gasteiger partial charge in [-0.15, -0.1) is 0 Å². The molecule has 0 spiro atoms. The minimum absolute atomic E-state index is 0.0386. The Kier molecular flexibility index (Phi) is 3.25. The van der Waals surface area contributed by atoms with Crippen LogP contribution in [0.3, 0.4) is 0 Å². The van der Waals surface area contributed by atoms with Crippen molar-refractivity contribution in [3.05, 3.63) is 35.4 Å². The van der Waals surface area contributed by atoms with Crippen LogP contribution in [0.4, 0.5) is 0 Å². The van der Waals surface area contributed by atoms with E-state index in [-0.39, 0.29) is 17.5 Å². The predicted molar refractivity (Wildman–Crippen MR) is 71.2 cm³/mol. The summed E-state index contributed by atoms with van der Waals surface area (Å²) in [7, 11) is 1.55. The number of amides is 2. The van der Waals surface area contributed by atoms with Gasteiger partial charge in [-0.05, 0) is 31.4 Å². The van der Waals surface area contributed by atoms with Crippen LogP contribution in [0, 0.1) is 0 Å². The summed E-state index contributed by atoms with van der Waals surface area (Å²) >= 11 is 0. The molecule has 0 aromatic heterocycles. The molecule has 21 heavy (non-hydrogen) atoms. The average Bonchev–Trinajstić information content (AvgIpc) is 2.69. The third kappa shape index (κ3) is 2.21. The van der Waals surface area contributed by atoms with E-state index in [0.29, 0.717) is 5.06 Å². The number of imide groups is 1. The van der Waals surface area contributed by atoms with Crippen LogP contribution >= 0.6 is 0 Å². The topological polar surface area (TPSA) is 72.9 Å². The summed E-state index contributed by atoms with van der Waals surface area (Å²) in [6.07, 6.45) is 2.59. The number of hydrogen-bond donors (Lipinski definition) is 0. The first-order valence-corrected chi connectivity index (χ1v) is 6.80. The molecule has 1 aliphatic carbocycles. The van der Waals surface area contributed by atoms with E-state index >= 15 is 0 Å². The van der Waals surface area contributed by atoms with Gasteiger partial charge in [0.05, 0.1) is 23.1 Å². The summed E-state index contributed by atoms with van der Waals surface area (Å²) < 4.78 is 5.34. The highest BCUT2D eigenvalue weighted by Gasteiger charge is 2.43. The Balaban J connectivity index is 1.70. The maximum Gasteiger partial charge on any atom is 0.336 e. The highest BCUT2D eigenvalue weighted by molar-refractivity contribution is 6.20. The van der Waals surface area contributed by atoms with Gasteiger partial charge in [-0.25, -0.2) is 4.79 Å². The van der Waals surface area contributed by atoms with E-state index in [2.05, 4.69) is 0 Å². The van der Waals surface area contributed by atoms with E-state index in [1.54, 1.807) is 19.2 Å². The summed E-state index contributed by atoms with van der Waals surface area (Å²) in [5.74, 6) is -1.85. The lowest BCUT2D eigenvalue weighted by Gasteiger charge is -2.39. The van der Waals surface area contributed by atoms with E-state index in [1.807, 2.05) is 0 Å². The molecule has 1 heterocycles. The number of benzene rings is 1. The van der Waals surface area contributed by atoms with Gasteiger partial charge in [0, 0.05) is 7.11 Å². The van der Waals surface area contributed by atoms with Gasteiger partial charge in [-0.1, -0.05) is 17.2 Å². The molecule has 6 nitrogen and oxygen atoms in total. The Bertz CT molecular complexity index is 580. The highest BCUT2D eigenvalue weighted by atomic mass is 16.7. The van der Waals surface area contributed by atoms with Crippen LogP contribution in [0.25, 0.3) is 0 Å². The number of hydrogen-bond acceptors (Lipinski definition) is 5. The Labute approximate surface area is 121 Å². The van der Waals surface area contributed by atoms with Gasteiger partial charge in [0.15, 0.2) is 0 Å². The normalized spacial score (nSPS) is 19.2. The zero-order valence-corrected chi connectivity index (χ0v) is 11.6. The number of nitrogens with zero attached hydrogens (tertiary/aromatic N) is 1. The van der Waals surface area contributed by atoms with Crippen LogP contribution in [-0.4, -0.2) is 35.6 Å². The van der Waals surface area contributed by atoms with Gasteiger partial charge in [-0.3, -0.25) is 9.59 Å². The number of fused-ring (bicyclic) bond motifs is 1. The molecule has 2 amide bonds. The molecule has 1 aromatic rings. The SMILES string of the molecule is COC1(CC(=O)ON2C(=O)c3ccccc3C2=O)CCC1. The molecule has 2 aliphatic rings. The van der Waals surface area contributed by atoms with E-state index in [9.17, 15) is 14.4 Å². The van der Waals surface area contributed by atoms with Crippen LogP contribution in [-0.2, 0) is 14.4 Å². The number of carbonyl (C=O) groups is 3. The standard InChI is InChI=1S/C15H15NO5/c1-20-15(7-4-8-15)9-12(17)21-16-13(18)10-5-2-3-6-11(10)14(16)19/h2-3,5-6H,4,7-9H2,1H3. The first-order valence-electron chi connectivity index (χ1n) is 6.80. The Morgan fingerprint density at radius 3 is 2.19 bits per heavy atom. The summed E-state index contributed by atoms with van der Waals surface area (Å²) in [6, 6.07) is 6.38. The molecule has 110 valence electrons. The van der Waals surface area contributed by atoms with Crippen molar-refractivity contribution in [1.29, 1.82) is 0 Å². The van der Waals surface area contributed by atoms with Gasteiger partial charge in [0.1, 0.15) is 0 Å². The molecule has 0 bridgehead atoms. The number of carbonyl (C=O) groups excluding carboxylic acids is 3. The second-order valence-corrected chi connectivity index (χ2v) is 5.33. The third-order valence-corrected chi connectivity index (χ3v) is 4.11. The largest absolute Gasteiger partial charge is 0.378 e. The van der Waals surface area contributed by atoms with E-state index < -0.39 is 23.4 Å². The quantitative estimate of drug-likeness (QED) is 0.789. The second-order valence-electron chi connectivity index (χ2n) is 5.33. The maximum absolute atomic E-state index is 12.1. The fourth-order valence-electron chi connectivity index (χ4n) is 2.67. The first-order chi connectivity index (χ1) is 10.1. The molecule has 1 aromatic carbocycles. The molecular weight excluding hydrogens is 274 g/mol. The van der Waals surface area contributed by atoms with Gasteiger partial charge >= 0.3 is 5.97 Å². The van der Waals surface area contributed by atoms with Gasteiger partial charge < -0.3 is 9.57 Å². The summed E-state index contributed by atoms with van der Waals surface area (Å²) in [4.78, 5) is 41.0. The van der Waals surface area contributed by atoms with Crippen molar-refractivity contribution in [3.8, 4) is 0 Å². The van der Waals surface area contributed by atoms with Crippen LogP contribution in [0.2, 0.25) is 0 Å². The van der Waals surface area contributed by atoms with Crippen LogP contribution in [0.15, 0.2) is 24.3 Å². The number of methoxy groups -OCH3 is 1. The third-order valence-electron chi connectivity index (χ3n) is 4.11. The van der Waals surface area contributed by atoms with Crippen LogP contribution in [0.5, 0.6) is 0 Å². The van der Waals surface area contributed by atoms with Crippen molar-refractivity contribution in [2.24, 2.45) is 0 Å². The van der Waals surface area contributed by atoms with Crippen molar-refractivity contribution in [1.82, 2.24) is 5.06 Å². The van der Waals surface area contributed by atoms with E-state index in [0.717, 1.165) is 19.3 Å².